The summed E-state index contributed by atoms with van der Waals surface area (Å²) >= 11 is 0. The highest BCUT2D eigenvalue weighted by molar-refractivity contribution is 5.91. The molecule has 1 N–H and O–H groups in total. The van der Waals surface area contributed by atoms with Gasteiger partial charge in [0.15, 0.2) is 5.76 Å². The highest BCUT2D eigenvalue weighted by Gasteiger charge is 2.11. The number of nitrogens with one attached hydrogen (secondary N) is 1. The van der Waals surface area contributed by atoms with E-state index in [9.17, 15) is 4.79 Å². The van der Waals surface area contributed by atoms with Crippen molar-refractivity contribution in [2.45, 2.75) is 13.0 Å². The minimum absolute atomic E-state index is 0.215. The van der Waals surface area contributed by atoms with Crippen LogP contribution in [-0.2, 0) is 13.0 Å². The predicted molar refractivity (Wildman–Crippen MR) is 109 cm³/mol. The van der Waals surface area contributed by atoms with Crippen molar-refractivity contribution in [1.29, 1.82) is 0 Å². The lowest BCUT2D eigenvalue weighted by Gasteiger charge is -2.06. The number of hydrogen-bond acceptors (Lipinski definition) is 3. The topological polar surface area (TPSA) is 51.5 Å². The number of carbonyl (C=O) groups excluding carboxylic acids is 1. The smallest absolute Gasteiger partial charge is 0.287 e. The third-order valence-electron chi connectivity index (χ3n) is 4.53. The lowest BCUT2D eigenvalue weighted by atomic mass is 10.1. The SMILES string of the molecule is O=C(NCCc1ccccc1)c1ccc(COc2ccc3ccccc3c2)o1. The van der Waals surface area contributed by atoms with E-state index in [2.05, 4.69) is 11.4 Å². The molecule has 0 saturated heterocycles. The summed E-state index contributed by atoms with van der Waals surface area (Å²) in [6, 6.07) is 27.6. The van der Waals surface area contributed by atoms with Crippen LogP contribution in [0.2, 0.25) is 0 Å². The Bertz CT molecular complexity index is 1070. The van der Waals surface area contributed by atoms with E-state index in [1.54, 1.807) is 12.1 Å². The molecule has 1 aromatic heterocycles. The van der Waals surface area contributed by atoms with Crippen LogP contribution >= 0.6 is 0 Å². The van der Waals surface area contributed by atoms with Crippen LogP contribution in [0.3, 0.4) is 0 Å². The third-order valence-corrected chi connectivity index (χ3v) is 4.53. The van der Waals surface area contributed by atoms with Crippen LogP contribution in [0.4, 0.5) is 0 Å². The second-order valence-electron chi connectivity index (χ2n) is 6.56. The van der Waals surface area contributed by atoms with Gasteiger partial charge in [-0.25, -0.2) is 0 Å². The summed E-state index contributed by atoms with van der Waals surface area (Å²) in [5.41, 5.74) is 1.19. The summed E-state index contributed by atoms with van der Waals surface area (Å²) in [4.78, 5) is 12.2. The first-order valence-corrected chi connectivity index (χ1v) is 9.30. The van der Waals surface area contributed by atoms with Gasteiger partial charge in [-0.2, -0.15) is 0 Å². The van der Waals surface area contributed by atoms with E-state index in [4.69, 9.17) is 9.15 Å². The minimum atomic E-state index is -0.215. The van der Waals surface area contributed by atoms with E-state index in [0.29, 0.717) is 18.1 Å². The van der Waals surface area contributed by atoms with Gasteiger partial charge in [-0.15, -0.1) is 0 Å². The minimum Gasteiger partial charge on any atom is -0.486 e. The first-order chi connectivity index (χ1) is 13.8. The van der Waals surface area contributed by atoms with Crippen molar-refractivity contribution in [3.63, 3.8) is 0 Å². The average molecular weight is 371 g/mol. The van der Waals surface area contributed by atoms with E-state index in [0.717, 1.165) is 17.6 Å². The second-order valence-corrected chi connectivity index (χ2v) is 6.56. The quantitative estimate of drug-likeness (QED) is 0.498. The van der Waals surface area contributed by atoms with Crippen LogP contribution in [0.5, 0.6) is 5.75 Å². The summed E-state index contributed by atoms with van der Waals surface area (Å²) < 4.78 is 11.4. The Morgan fingerprint density at radius 2 is 1.64 bits per heavy atom. The summed E-state index contributed by atoms with van der Waals surface area (Å²) in [6.07, 6.45) is 0.783. The number of carbonyl (C=O) groups is 1. The Hall–Kier alpha value is -3.53. The fraction of sp³-hybridized carbons (Fsp3) is 0.125. The maximum absolute atomic E-state index is 12.2. The molecule has 3 aromatic carbocycles. The van der Waals surface area contributed by atoms with Crippen molar-refractivity contribution >= 4 is 16.7 Å². The molecule has 0 radical (unpaired) electrons. The Morgan fingerprint density at radius 3 is 2.50 bits per heavy atom. The zero-order valence-corrected chi connectivity index (χ0v) is 15.4. The van der Waals surface area contributed by atoms with Crippen LogP contribution < -0.4 is 10.1 Å². The van der Waals surface area contributed by atoms with E-state index in [-0.39, 0.29) is 12.5 Å². The molecule has 140 valence electrons. The zero-order chi connectivity index (χ0) is 19.2. The van der Waals surface area contributed by atoms with Crippen LogP contribution in [0, 0.1) is 0 Å². The molecule has 4 heteroatoms. The molecule has 4 rings (SSSR count). The number of rotatable bonds is 7. The molecule has 0 fully saturated rings. The number of benzene rings is 3. The Morgan fingerprint density at radius 1 is 0.857 bits per heavy atom. The molecule has 0 aliphatic heterocycles. The second kappa shape index (κ2) is 8.44. The normalized spacial score (nSPS) is 10.7. The zero-order valence-electron chi connectivity index (χ0n) is 15.4. The van der Waals surface area contributed by atoms with Crippen molar-refractivity contribution in [3.8, 4) is 5.75 Å². The molecule has 0 saturated carbocycles. The standard InChI is InChI=1S/C24H21NO3/c26-24(25-15-14-18-6-2-1-3-7-18)23-13-12-22(28-23)17-27-21-11-10-19-8-4-5-9-20(19)16-21/h1-13,16H,14-15,17H2,(H,25,26). The number of hydrogen-bond donors (Lipinski definition) is 1. The van der Waals surface area contributed by atoms with Crippen molar-refractivity contribution < 1.29 is 13.9 Å². The van der Waals surface area contributed by atoms with Crippen molar-refractivity contribution in [3.05, 3.63) is 102 Å². The molecule has 0 bridgehead atoms. The van der Waals surface area contributed by atoms with Crippen molar-refractivity contribution in [1.82, 2.24) is 5.32 Å². The fourth-order valence-electron chi connectivity index (χ4n) is 3.04. The lowest BCUT2D eigenvalue weighted by Crippen LogP contribution is -2.25. The fourth-order valence-corrected chi connectivity index (χ4v) is 3.04. The predicted octanol–water partition coefficient (Wildman–Crippen LogP) is 4.98. The van der Waals surface area contributed by atoms with Gasteiger partial charge in [0.1, 0.15) is 18.1 Å². The van der Waals surface area contributed by atoms with Gasteiger partial charge in [0.05, 0.1) is 0 Å². The molecule has 0 aliphatic rings. The molecule has 28 heavy (non-hydrogen) atoms. The molecule has 4 nitrogen and oxygen atoms in total. The maximum Gasteiger partial charge on any atom is 0.287 e. The van der Waals surface area contributed by atoms with E-state index in [1.165, 1.54) is 10.9 Å². The summed E-state index contributed by atoms with van der Waals surface area (Å²) in [7, 11) is 0. The maximum atomic E-state index is 12.2. The monoisotopic (exact) mass is 371 g/mol. The van der Waals surface area contributed by atoms with Crippen LogP contribution in [0.25, 0.3) is 10.8 Å². The van der Waals surface area contributed by atoms with E-state index >= 15 is 0 Å². The Labute approximate surface area is 163 Å². The van der Waals surface area contributed by atoms with Gasteiger partial charge in [-0.05, 0) is 47.0 Å². The summed E-state index contributed by atoms with van der Waals surface area (Å²) in [5, 5.41) is 5.17. The average Bonchev–Trinajstić information content (AvgIpc) is 3.22. The first kappa shape index (κ1) is 17.9. The summed E-state index contributed by atoms with van der Waals surface area (Å²) in [6.45, 7) is 0.835. The molecule has 1 heterocycles. The largest absolute Gasteiger partial charge is 0.486 e. The molecule has 0 atom stereocenters. The van der Waals surface area contributed by atoms with Gasteiger partial charge in [0, 0.05) is 6.54 Å². The summed E-state index contributed by atoms with van der Waals surface area (Å²) in [5.74, 6) is 1.46. The van der Waals surface area contributed by atoms with Gasteiger partial charge in [-0.3, -0.25) is 4.79 Å². The van der Waals surface area contributed by atoms with Gasteiger partial charge in [0.25, 0.3) is 5.91 Å². The molecule has 0 unspecified atom stereocenters. The number of ether oxygens (including phenoxy) is 1. The molecule has 0 aliphatic carbocycles. The highest BCUT2D eigenvalue weighted by Crippen LogP contribution is 2.21. The van der Waals surface area contributed by atoms with Crippen molar-refractivity contribution in [2.75, 3.05) is 6.54 Å². The number of furan rings is 1. The Balaban J connectivity index is 1.30. The van der Waals surface area contributed by atoms with E-state index < -0.39 is 0 Å². The molecular weight excluding hydrogens is 350 g/mol. The molecule has 0 spiro atoms. The number of amides is 1. The van der Waals surface area contributed by atoms with E-state index in [1.807, 2.05) is 66.7 Å². The first-order valence-electron chi connectivity index (χ1n) is 9.30. The van der Waals surface area contributed by atoms with Gasteiger partial charge in [-0.1, -0.05) is 60.7 Å². The Kier molecular flexibility index (Phi) is 5.38. The molecule has 4 aromatic rings. The number of fused-ring (bicyclic) bond motifs is 1. The van der Waals surface area contributed by atoms with Gasteiger partial charge < -0.3 is 14.5 Å². The van der Waals surface area contributed by atoms with Gasteiger partial charge >= 0.3 is 0 Å². The van der Waals surface area contributed by atoms with Gasteiger partial charge in [0.2, 0.25) is 0 Å². The third kappa shape index (κ3) is 4.41. The van der Waals surface area contributed by atoms with Crippen LogP contribution in [0.1, 0.15) is 21.9 Å². The lowest BCUT2D eigenvalue weighted by molar-refractivity contribution is 0.0922. The highest BCUT2D eigenvalue weighted by atomic mass is 16.5. The van der Waals surface area contributed by atoms with Crippen molar-refractivity contribution in [2.24, 2.45) is 0 Å². The van der Waals surface area contributed by atoms with Crippen LogP contribution in [0.15, 0.2) is 89.3 Å². The molecule has 1 amide bonds. The van der Waals surface area contributed by atoms with Crippen LogP contribution in [-0.4, -0.2) is 12.5 Å². The molecular formula is C24H21NO3.